The molecule has 0 spiro atoms. The van der Waals surface area contributed by atoms with Gasteiger partial charge in [0.2, 0.25) is 0 Å². The predicted molar refractivity (Wildman–Crippen MR) is 113 cm³/mol. The normalized spacial score (nSPS) is 13.3. The molecule has 0 aliphatic rings. The number of rotatable bonds is 9. The quantitative estimate of drug-likeness (QED) is 0.425. The molecule has 0 aromatic heterocycles. The molecule has 7 nitrogen and oxygen atoms in total. The van der Waals surface area contributed by atoms with Gasteiger partial charge in [-0.15, -0.1) is 0 Å². The van der Waals surface area contributed by atoms with E-state index in [4.69, 9.17) is 9.47 Å². The zero-order valence-electron chi connectivity index (χ0n) is 18.0. The number of ether oxygens (including phenoxy) is 2. The van der Waals surface area contributed by atoms with E-state index in [2.05, 4.69) is 10.6 Å². The summed E-state index contributed by atoms with van der Waals surface area (Å²) in [6, 6.07) is 8.18. The molecule has 2 N–H and O–H groups in total. The Morgan fingerprint density at radius 1 is 1.03 bits per heavy atom. The maximum atomic E-state index is 12.9. The van der Waals surface area contributed by atoms with Gasteiger partial charge in [-0.1, -0.05) is 0 Å². The molecule has 1 aromatic carbocycles. The van der Waals surface area contributed by atoms with Crippen LogP contribution in [0.5, 0.6) is 0 Å². The van der Waals surface area contributed by atoms with E-state index in [9.17, 15) is 14.4 Å². The van der Waals surface area contributed by atoms with Crippen molar-refractivity contribution in [3.63, 3.8) is 0 Å². The number of alkyl carbamates (subject to hydrolysis) is 1. The molecule has 1 aromatic rings. The van der Waals surface area contributed by atoms with E-state index in [1.165, 1.54) is 7.11 Å². The van der Waals surface area contributed by atoms with Crippen LogP contribution in [0, 0.1) is 5.92 Å². The third-order valence-corrected chi connectivity index (χ3v) is 6.00. The molecule has 2 amide bonds. The van der Waals surface area contributed by atoms with Crippen LogP contribution in [0.25, 0.3) is 0 Å². The summed E-state index contributed by atoms with van der Waals surface area (Å²) < 4.78 is 11.2. The molecule has 0 aliphatic carbocycles. The Labute approximate surface area is 179 Å². The fraction of sp³-hybridized carbons (Fsp3) is 0.571. The van der Waals surface area contributed by atoms with Crippen LogP contribution in [0.1, 0.15) is 41.0 Å². The number of nitrogens with one attached hydrogen (secondary N) is 2. The van der Waals surface area contributed by atoms with Gasteiger partial charge in [-0.2, -0.15) is 0 Å². The van der Waals surface area contributed by atoms with E-state index in [-0.39, 0.29) is 20.9 Å². The molecular weight excluding hydrogens is 439 g/mol. The van der Waals surface area contributed by atoms with Crippen LogP contribution in [-0.4, -0.2) is 57.7 Å². The summed E-state index contributed by atoms with van der Waals surface area (Å²) in [6.45, 7) is 9.18. The summed E-state index contributed by atoms with van der Waals surface area (Å²) >= 11 is -0.0446. The number of hydrogen-bond donors (Lipinski definition) is 2. The minimum absolute atomic E-state index is 0.0446. The molecule has 0 bridgehead atoms. The Morgan fingerprint density at radius 2 is 1.66 bits per heavy atom. The van der Waals surface area contributed by atoms with Gasteiger partial charge in [0.05, 0.1) is 0 Å². The van der Waals surface area contributed by atoms with Crippen molar-refractivity contribution in [2.45, 2.75) is 64.0 Å². The molecule has 0 unspecified atom stereocenters. The molecule has 2 atom stereocenters. The Hall–Kier alpha value is -2.05. The second kappa shape index (κ2) is 11.8. The number of benzene rings is 1. The number of methoxy groups -OCH3 is 1. The number of hydrogen-bond acceptors (Lipinski definition) is 5. The first-order valence-electron chi connectivity index (χ1n) is 9.57. The molecule has 0 saturated heterocycles. The van der Waals surface area contributed by atoms with E-state index < -0.39 is 35.7 Å². The van der Waals surface area contributed by atoms with Crippen LogP contribution in [0.3, 0.4) is 0 Å². The predicted octanol–water partition coefficient (Wildman–Crippen LogP) is 2.03. The molecule has 0 saturated carbocycles. The molecular formula is C21H32N2O5Se. The zero-order chi connectivity index (χ0) is 22.0. The molecule has 0 fully saturated rings. The summed E-state index contributed by atoms with van der Waals surface area (Å²) in [5.74, 6) is -0.744. The zero-order valence-corrected chi connectivity index (χ0v) is 19.7. The average Bonchev–Trinajstić information content (AvgIpc) is 2.62. The van der Waals surface area contributed by atoms with Crippen molar-refractivity contribution in [1.82, 2.24) is 10.6 Å². The van der Waals surface area contributed by atoms with Gasteiger partial charge >= 0.3 is 179 Å². The van der Waals surface area contributed by atoms with E-state index in [0.717, 1.165) is 4.46 Å². The van der Waals surface area contributed by atoms with Gasteiger partial charge in [-0.05, 0) is 0 Å². The fourth-order valence-electron chi connectivity index (χ4n) is 2.43. The van der Waals surface area contributed by atoms with Crippen LogP contribution in [-0.2, 0) is 19.1 Å². The van der Waals surface area contributed by atoms with E-state index >= 15 is 0 Å². The van der Waals surface area contributed by atoms with Crippen molar-refractivity contribution >= 4 is 37.4 Å². The molecule has 1 rings (SSSR count). The van der Waals surface area contributed by atoms with Gasteiger partial charge in [0.1, 0.15) is 0 Å². The Balaban J connectivity index is 2.89. The summed E-state index contributed by atoms with van der Waals surface area (Å²) in [5, 5.41) is 5.81. The number of carbonyl (C=O) groups is 3. The Bertz CT molecular complexity index is 673. The Morgan fingerprint density at radius 3 is 2.17 bits per heavy atom. The molecule has 162 valence electrons. The van der Waals surface area contributed by atoms with Crippen molar-refractivity contribution in [2.75, 3.05) is 7.11 Å². The fourth-order valence-corrected chi connectivity index (χ4v) is 4.41. The number of esters is 1. The van der Waals surface area contributed by atoms with Gasteiger partial charge in [-0.25, -0.2) is 0 Å². The van der Waals surface area contributed by atoms with Gasteiger partial charge in [0.15, 0.2) is 0 Å². The van der Waals surface area contributed by atoms with Crippen LogP contribution < -0.4 is 15.1 Å². The minimum atomic E-state index is -0.815. The summed E-state index contributed by atoms with van der Waals surface area (Å²) in [7, 11) is 1.29. The van der Waals surface area contributed by atoms with Crippen LogP contribution in [0.15, 0.2) is 30.3 Å². The number of amides is 2. The molecule has 0 heterocycles. The molecule has 29 heavy (non-hydrogen) atoms. The second-order valence-electron chi connectivity index (χ2n) is 8.04. The van der Waals surface area contributed by atoms with Crippen molar-refractivity contribution in [2.24, 2.45) is 5.92 Å². The van der Waals surface area contributed by atoms with Gasteiger partial charge in [0, 0.05) is 0 Å². The van der Waals surface area contributed by atoms with Crippen LogP contribution in [0.2, 0.25) is 5.32 Å². The maximum absolute atomic E-state index is 12.9. The van der Waals surface area contributed by atoms with Crippen molar-refractivity contribution in [3.8, 4) is 0 Å². The van der Waals surface area contributed by atoms with E-state index in [1.807, 2.05) is 44.2 Å². The van der Waals surface area contributed by atoms with Crippen LogP contribution >= 0.6 is 0 Å². The first-order valence-corrected chi connectivity index (χ1v) is 11.6. The third-order valence-electron chi connectivity index (χ3n) is 3.68. The van der Waals surface area contributed by atoms with E-state index in [1.54, 1.807) is 20.8 Å². The van der Waals surface area contributed by atoms with Crippen LogP contribution in [0.4, 0.5) is 4.79 Å². The Kier molecular flexibility index (Phi) is 10.2. The molecule has 0 radical (unpaired) electrons. The van der Waals surface area contributed by atoms with Crippen molar-refractivity contribution in [1.29, 1.82) is 0 Å². The average molecular weight is 471 g/mol. The van der Waals surface area contributed by atoms with Gasteiger partial charge < -0.3 is 0 Å². The second-order valence-corrected chi connectivity index (χ2v) is 10.3. The summed E-state index contributed by atoms with van der Waals surface area (Å²) in [5.41, 5.74) is -0.679. The van der Waals surface area contributed by atoms with E-state index in [0.29, 0.717) is 11.7 Å². The topological polar surface area (TPSA) is 93.7 Å². The summed E-state index contributed by atoms with van der Waals surface area (Å²) in [4.78, 5) is 37.2. The van der Waals surface area contributed by atoms with Gasteiger partial charge in [-0.3, -0.25) is 0 Å². The number of carbonyl (C=O) groups excluding carboxylic acids is 3. The van der Waals surface area contributed by atoms with Gasteiger partial charge in [0.25, 0.3) is 0 Å². The standard InChI is InChI=1S/C21H32N2O5Se/c1-14(2)12-16(19(25)27-6)22-18(24)17(23-20(26)28-21(3,4)5)13-29-15-10-8-7-9-11-15/h7-11,14,16-17H,12-13H2,1-6H3,(H,22,24)(H,23,26)/t16-,17-/m0/s1. The van der Waals surface area contributed by atoms with Crippen molar-refractivity contribution in [3.05, 3.63) is 30.3 Å². The third kappa shape index (κ3) is 10.3. The SMILES string of the molecule is COC(=O)[C@H](CC(C)C)NC(=O)[C@H](C[Se]c1ccccc1)NC(=O)OC(C)(C)C. The van der Waals surface area contributed by atoms with Crippen molar-refractivity contribution < 1.29 is 23.9 Å². The first-order chi connectivity index (χ1) is 13.5. The first kappa shape index (κ1) is 25.0. The molecule has 0 aliphatic heterocycles. The summed E-state index contributed by atoms with van der Waals surface area (Å²) in [6.07, 6.45) is -0.221. The molecule has 8 heteroatoms. The monoisotopic (exact) mass is 472 g/mol.